The summed E-state index contributed by atoms with van der Waals surface area (Å²) in [6.45, 7) is 4.42. The van der Waals surface area contributed by atoms with E-state index in [-0.39, 0.29) is 0 Å². The van der Waals surface area contributed by atoms with Crippen LogP contribution in [0.3, 0.4) is 0 Å². The van der Waals surface area contributed by atoms with Crippen LogP contribution in [0.5, 0.6) is 0 Å². The summed E-state index contributed by atoms with van der Waals surface area (Å²) in [5, 5.41) is 3.83. The van der Waals surface area contributed by atoms with Crippen molar-refractivity contribution < 1.29 is 0 Å². The van der Waals surface area contributed by atoms with Gasteiger partial charge in [0.2, 0.25) is 0 Å². The maximum atomic E-state index is 3.83. The zero-order chi connectivity index (χ0) is 12.1. The van der Waals surface area contributed by atoms with Crippen molar-refractivity contribution >= 4 is 11.8 Å². The summed E-state index contributed by atoms with van der Waals surface area (Å²) in [4.78, 5) is 0. The first kappa shape index (κ1) is 13.0. The maximum absolute atomic E-state index is 3.83. The van der Waals surface area contributed by atoms with Crippen molar-refractivity contribution in [1.29, 1.82) is 0 Å². The van der Waals surface area contributed by atoms with Crippen LogP contribution >= 0.6 is 11.8 Å². The van der Waals surface area contributed by atoms with Crippen molar-refractivity contribution in [2.75, 3.05) is 11.5 Å². The highest BCUT2D eigenvalue weighted by Crippen LogP contribution is 2.23. The van der Waals surface area contributed by atoms with Gasteiger partial charge in [0.25, 0.3) is 0 Å². The summed E-state index contributed by atoms with van der Waals surface area (Å²) in [5.74, 6) is 2.64. The lowest BCUT2D eigenvalue weighted by Gasteiger charge is -2.28. The summed E-state index contributed by atoms with van der Waals surface area (Å²) >= 11 is 2.09. The molecule has 0 aliphatic carbocycles. The molecule has 1 N–H and O–H groups in total. The van der Waals surface area contributed by atoms with Crippen LogP contribution in [0.2, 0.25) is 0 Å². The average molecular weight is 249 g/mol. The zero-order valence-electron chi connectivity index (χ0n) is 10.9. The molecule has 0 amide bonds. The van der Waals surface area contributed by atoms with E-state index in [4.69, 9.17) is 0 Å². The molecule has 17 heavy (non-hydrogen) atoms. The monoisotopic (exact) mass is 249 g/mol. The van der Waals surface area contributed by atoms with Gasteiger partial charge in [0.05, 0.1) is 0 Å². The fourth-order valence-electron chi connectivity index (χ4n) is 2.40. The van der Waals surface area contributed by atoms with Gasteiger partial charge in [0.1, 0.15) is 0 Å². The van der Waals surface area contributed by atoms with E-state index in [0.29, 0.717) is 6.04 Å². The number of benzene rings is 1. The van der Waals surface area contributed by atoms with E-state index in [1.54, 1.807) is 0 Å². The zero-order valence-corrected chi connectivity index (χ0v) is 11.7. The molecule has 1 saturated heterocycles. The third kappa shape index (κ3) is 3.75. The van der Waals surface area contributed by atoms with Gasteiger partial charge in [-0.05, 0) is 43.3 Å². The Morgan fingerprint density at radius 2 is 1.88 bits per heavy atom. The molecule has 1 fully saturated rings. The second-order valence-corrected chi connectivity index (χ2v) is 6.15. The topological polar surface area (TPSA) is 12.0 Å². The fraction of sp³-hybridized carbons (Fsp3) is 0.600. The first-order valence-electron chi connectivity index (χ1n) is 6.70. The molecule has 2 rings (SSSR count). The van der Waals surface area contributed by atoms with Gasteiger partial charge >= 0.3 is 0 Å². The molecule has 1 heterocycles. The van der Waals surface area contributed by atoms with Crippen molar-refractivity contribution in [2.24, 2.45) is 0 Å². The summed E-state index contributed by atoms with van der Waals surface area (Å²) < 4.78 is 0. The van der Waals surface area contributed by atoms with Gasteiger partial charge < -0.3 is 5.32 Å². The van der Waals surface area contributed by atoms with E-state index in [2.05, 4.69) is 55.2 Å². The Morgan fingerprint density at radius 3 is 2.47 bits per heavy atom. The normalized spacial score (nSPS) is 19.2. The van der Waals surface area contributed by atoms with Crippen molar-refractivity contribution in [3.05, 3.63) is 35.4 Å². The second kappa shape index (κ2) is 6.46. The minimum absolute atomic E-state index is 0.531. The van der Waals surface area contributed by atoms with Crippen LogP contribution in [-0.4, -0.2) is 17.5 Å². The van der Waals surface area contributed by atoms with Crippen LogP contribution in [0.15, 0.2) is 24.3 Å². The van der Waals surface area contributed by atoms with Gasteiger partial charge in [-0.2, -0.15) is 11.8 Å². The van der Waals surface area contributed by atoms with E-state index in [1.807, 2.05) is 0 Å². The molecule has 0 radical (unpaired) electrons. The van der Waals surface area contributed by atoms with Crippen LogP contribution in [0.1, 0.15) is 43.4 Å². The molecule has 0 saturated carbocycles. The molecular weight excluding hydrogens is 226 g/mol. The minimum Gasteiger partial charge on any atom is -0.307 e. The number of hydrogen-bond donors (Lipinski definition) is 1. The number of rotatable bonds is 4. The van der Waals surface area contributed by atoms with Gasteiger partial charge in [0, 0.05) is 12.1 Å². The highest BCUT2D eigenvalue weighted by molar-refractivity contribution is 7.99. The molecule has 1 aromatic rings. The number of hydrogen-bond acceptors (Lipinski definition) is 2. The number of nitrogens with one attached hydrogen (secondary N) is 1. The highest BCUT2D eigenvalue weighted by atomic mass is 32.2. The first-order chi connectivity index (χ1) is 8.29. The van der Waals surface area contributed by atoms with Crippen LogP contribution < -0.4 is 5.32 Å². The molecule has 1 aliphatic heterocycles. The summed E-state index contributed by atoms with van der Waals surface area (Å²) in [6, 6.07) is 10.2. The lowest BCUT2D eigenvalue weighted by atomic mass is 10.0. The summed E-state index contributed by atoms with van der Waals surface area (Å²) in [6.07, 6.45) is 3.83. The second-order valence-electron chi connectivity index (χ2n) is 4.92. The summed E-state index contributed by atoms with van der Waals surface area (Å²) in [7, 11) is 0. The third-order valence-electron chi connectivity index (χ3n) is 3.55. The quantitative estimate of drug-likeness (QED) is 0.867. The third-order valence-corrected chi connectivity index (χ3v) is 4.59. The lowest BCUT2D eigenvalue weighted by molar-refractivity contribution is 0.406. The Labute approximate surface area is 109 Å². The van der Waals surface area contributed by atoms with E-state index in [0.717, 1.165) is 6.04 Å². The predicted octanol–water partition coefficient (Wildman–Crippen LogP) is 3.93. The standard InChI is InChI=1S/C15H23NS/c1-3-15(13-6-4-12(2)5-7-13)16-14-8-10-17-11-9-14/h4-7,14-16H,3,8-11H2,1-2H3. The molecule has 0 aromatic heterocycles. The first-order valence-corrected chi connectivity index (χ1v) is 7.85. The minimum atomic E-state index is 0.531. The SMILES string of the molecule is CCC(NC1CCSCC1)c1ccc(C)cc1. The number of aryl methyl sites for hydroxylation is 1. The van der Waals surface area contributed by atoms with Gasteiger partial charge in [-0.3, -0.25) is 0 Å². The van der Waals surface area contributed by atoms with E-state index in [9.17, 15) is 0 Å². The molecule has 0 bridgehead atoms. The highest BCUT2D eigenvalue weighted by Gasteiger charge is 2.17. The molecule has 0 spiro atoms. The van der Waals surface area contributed by atoms with Gasteiger partial charge in [-0.15, -0.1) is 0 Å². The molecule has 1 unspecified atom stereocenters. The fourth-order valence-corrected chi connectivity index (χ4v) is 3.50. The molecular formula is C15H23NS. The smallest absolute Gasteiger partial charge is 0.0320 e. The Balaban J connectivity index is 1.97. The van der Waals surface area contributed by atoms with E-state index >= 15 is 0 Å². The van der Waals surface area contributed by atoms with Crippen molar-refractivity contribution in [3.63, 3.8) is 0 Å². The van der Waals surface area contributed by atoms with Gasteiger partial charge in [0.15, 0.2) is 0 Å². The molecule has 1 nitrogen and oxygen atoms in total. The Morgan fingerprint density at radius 1 is 1.24 bits per heavy atom. The van der Waals surface area contributed by atoms with Crippen molar-refractivity contribution in [2.45, 2.75) is 45.2 Å². The average Bonchev–Trinajstić information content (AvgIpc) is 2.38. The van der Waals surface area contributed by atoms with Crippen molar-refractivity contribution in [3.8, 4) is 0 Å². The van der Waals surface area contributed by atoms with Crippen LogP contribution in [0, 0.1) is 6.92 Å². The largest absolute Gasteiger partial charge is 0.307 e. The van der Waals surface area contributed by atoms with Gasteiger partial charge in [-0.1, -0.05) is 36.8 Å². The molecule has 2 heteroatoms. The van der Waals surface area contributed by atoms with E-state index in [1.165, 1.54) is 41.9 Å². The van der Waals surface area contributed by atoms with Crippen molar-refractivity contribution in [1.82, 2.24) is 5.32 Å². The van der Waals surface area contributed by atoms with Crippen LogP contribution in [-0.2, 0) is 0 Å². The Bertz CT molecular complexity index is 327. The Hall–Kier alpha value is -0.470. The van der Waals surface area contributed by atoms with Gasteiger partial charge in [-0.25, -0.2) is 0 Å². The molecule has 1 atom stereocenters. The van der Waals surface area contributed by atoms with E-state index < -0.39 is 0 Å². The summed E-state index contributed by atoms with van der Waals surface area (Å²) in [5.41, 5.74) is 2.79. The predicted molar refractivity (Wildman–Crippen MR) is 77.7 cm³/mol. The Kier molecular flexibility index (Phi) is 4.93. The maximum Gasteiger partial charge on any atom is 0.0320 e. The van der Waals surface area contributed by atoms with Crippen LogP contribution in [0.25, 0.3) is 0 Å². The lowest BCUT2D eigenvalue weighted by Crippen LogP contribution is -2.35. The molecule has 1 aliphatic rings. The number of thioether (sulfide) groups is 1. The van der Waals surface area contributed by atoms with Crippen LogP contribution in [0.4, 0.5) is 0 Å². The molecule has 1 aromatic carbocycles. The molecule has 94 valence electrons.